The van der Waals surface area contributed by atoms with Gasteiger partial charge in [0.1, 0.15) is 45.5 Å². The lowest BCUT2D eigenvalue weighted by Crippen LogP contribution is -2.69. The Morgan fingerprint density at radius 2 is 1.81 bits per heavy atom. The molecule has 1 N–H and O–H groups in total. The molecule has 1 unspecified atom stereocenters. The number of nitrogens with one attached hydrogen (secondary N) is 1. The van der Waals surface area contributed by atoms with Gasteiger partial charge >= 0.3 is 18.2 Å². The van der Waals surface area contributed by atoms with Crippen LogP contribution in [0.25, 0.3) is 32.1 Å². The summed E-state index contributed by atoms with van der Waals surface area (Å²) < 4.78 is 50.5. The molecule has 1 spiro atoms. The summed E-state index contributed by atoms with van der Waals surface area (Å²) in [4.78, 5) is 41.7. The molecule has 2 amide bonds. The first-order valence-electron chi connectivity index (χ1n) is 19.3. The molecule has 0 aliphatic carbocycles. The summed E-state index contributed by atoms with van der Waals surface area (Å²) in [6.45, 7) is 15.0. The van der Waals surface area contributed by atoms with Crippen molar-refractivity contribution < 1.29 is 32.6 Å². The SMILES string of the molecule is C[C@H](Oc1nc(N2CCCC3(CCN3C(=O)OC(C)(C)C)C2)c2cc(Cl)c(-c3ccc(F)c4sc(NC(=O)OC(C)(C)C)c(C#N)c34)c(F)c2n1)[C@@H]1CCCN1C. The van der Waals surface area contributed by atoms with Crippen LogP contribution in [0, 0.1) is 23.0 Å². The van der Waals surface area contributed by atoms with Crippen LogP contribution in [0.2, 0.25) is 5.02 Å². The average Bonchev–Trinajstić information content (AvgIpc) is 3.70. The first-order valence-corrected chi connectivity index (χ1v) is 20.5. The van der Waals surface area contributed by atoms with Crippen molar-refractivity contribution in [2.45, 2.75) is 109 Å². The second-order valence-corrected chi connectivity index (χ2v) is 18.7. The van der Waals surface area contributed by atoms with Crippen molar-refractivity contribution in [2.75, 3.05) is 43.4 Å². The van der Waals surface area contributed by atoms with E-state index in [0.717, 1.165) is 50.0 Å². The number of benzene rings is 2. The molecule has 3 aliphatic heterocycles. The van der Waals surface area contributed by atoms with Gasteiger partial charge in [0.25, 0.3) is 0 Å². The standard InChI is InChI=1S/C41H48ClF2N7O5S/c1-22(28-11-9-16-49(28)8)54-36-46-32-24(34(47-36)50-17-10-14-41(21-50)15-18-51(41)38(53)56-40(5,6)7)19-26(42)30(31(32)44)23-12-13-27(43)33-29(23)25(20-45)35(57-33)48-37(52)55-39(2,3)4/h12-13,19,22,28H,9-11,14-18,21H2,1-8H3,(H,48,52)/t22-,28-,41?/m0/s1. The number of amides is 2. The van der Waals surface area contributed by atoms with E-state index >= 15 is 8.78 Å². The van der Waals surface area contributed by atoms with E-state index in [1.807, 2.05) is 39.6 Å². The fourth-order valence-corrected chi connectivity index (χ4v) is 9.67. The van der Waals surface area contributed by atoms with Gasteiger partial charge in [-0.1, -0.05) is 17.7 Å². The lowest BCUT2D eigenvalue weighted by atomic mass is 9.78. The third-order valence-electron chi connectivity index (χ3n) is 10.9. The number of nitriles is 1. The zero-order valence-electron chi connectivity index (χ0n) is 33.5. The molecule has 7 rings (SSSR count). The van der Waals surface area contributed by atoms with E-state index in [-0.39, 0.29) is 66.6 Å². The maximum atomic E-state index is 17.5. The maximum absolute atomic E-state index is 17.5. The number of fused-ring (bicyclic) bond motifs is 2. The van der Waals surface area contributed by atoms with E-state index in [0.29, 0.717) is 30.8 Å². The van der Waals surface area contributed by atoms with Gasteiger partial charge in [0.05, 0.1) is 20.8 Å². The molecule has 3 aliphatic rings. The highest BCUT2D eigenvalue weighted by atomic mass is 35.5. The summed E-state index contributed by atoms with van der Waals surface area (Å²) in [6.07, 6.45) is 2.70. The fourth-order valence-electron chi connectivity index (χ4n) is 8.31. The number of likely N-dealkylation sites (tertiary alicyclic amines) is 2. The molecule has 0 saturated carbocycles. The van der Waals surface area contributed by atoms with E-state index in [9.17, 15) is 14.9 Å². The first-order chi connectivity index (χ1) is 26.8. The Balaban J connectivity index is 1.36. The summed E-state index contributed by atoms with van der Waals surface area (Å²) in [6, 6.07) is 6.29. The van der Waals surface area contributed by atoms with Crippen LogP contribution in [-0.2, 0) is 9.47 Å². The average molecular weight is 824 g/mol. The van der Waals surface area contributed by atoms with E-state index in [1.165, 1.54) is 12.1 Å². The highest BCUT2D eigenvalue weighted by molar-refractivity contribution is 7.23. The summed E-state index contributed by atoms with van der Waals surface area (Å²) in [7, 11) is 2.04. The van der Waals surface area contributed by atoms with Crippen LogP contribution in [-0.4, -0.2) is 94.1 Å². The number of hydrogen-bond donors (Lipinski definition) is 1. The second-order valence-electron chi connectivity index (χ2n) is 17.3. The van der Waals surface area contributed by atoms with Gasteiger partial charge in [-0.25, -0.2) is 18.4 Å². The Bertz CT molecular complexity index is 2300. The summed E-state index contributed by atoms with van der Waals surface area (Å²) in [5, 5.41) is 13.4. The van der Waals surface area contributed by atoms with E-state index < -0.39 is 34.5 Å². The Labute approximate surface area is 340 Å². The number of aromatic nitrogens is 2. The first kappa shape index (κ1) is 40.7. The van der Waals surface area contributed by atoms with Crippen LogP contribution in [0.5, 0.6) is 6.01 Å². The molecular formula is C41H48ClF2N7O5S. The number of carbonyl (C=O) groups is 2. The molecular weight excluding hydrogens is 776 g/mol. The van der Waals surface area contributed by atoms with Crippen LogP contribution in [0.1, 0.15) is 86.1 Å². The highest BCUT2D eigenvalue weighted by Crippen LogP contribution is 2.48. The van der Waals surface area contributed by atoms with Crippen LogP contribution in [0.4, 0.5) is 29.2 Å². The minimum Gasteiger partial charge on any atom is -0.459 e. The van der Waals surface area contributed by atoms with Gasteiger partial charge in [-0.2, -0.15) is 15.2 Å². The maximum Gasteiger partial charge on any atom is 0.412 e. The number of rotatable bonds is 6. The number of carbonyl (C=O) groups excluding carboxylic acids is 2. The van der Waals surface area contributed by atoms with E-state index in [2.05, 4.69) is 21.3 Å². The molecule has 5 heterocycles. The Hall–Kier alpha value is -4.52. The van der Waals surface area contributed by atoms with Crippen molar-refractivity contribution >= 4 is 66.9 Å². The normalized spacial score (nSPS) is 20.8. The summed E-state index contributed by atoms with van der Waals surface area (Å²) >= 11 is 7.86. The monoisotopic (exact) mass is 823 g/mol. The van der Waals surface area contributed by atoms with Crippen LogP contribution in [0.3, 0.4) is 0 Å². The summed E-state index contributed by atoms with van der Waals surface area (Å²) in [5.41, 5.74) is -2.09. The van der Waals surface area contributed by atoms with Crippen LogP contribution >= 0.6 is 22.9 Å². The van der Waals surface area contributed by atoms with Gasteiger partial charge in [-0.05, 0) is 112 Å². The smallest absolute Gasteiger partial charge is 0.412 e. The number of nitrogens with zero attached hydrogens (tertiary/aromatic N) is 6. The zero-order chi connectivity index (χ0) is 41.2. The van der Waals surface area contributed by atoms with Crippen molar-refractivity contribution in [3.63, 3.8) is 0 Å². The number of anilines is 2. The van der Waals surface area contributed by atoms with Gasteiger partial charge < -0.3 is 24.0 Å². The van der Waals surface area contributed by atoms with Crippen molar-refractivity contribution in [1.29, 1.82) is 5.26 Å². The third-order valence-corrected chi connectivity index (χ3v) is 12.3. The number of piperidine rings is 1. The molecule has 3 fully saturated rings. The Morgan fingerprint density at radius 1 is 1.07 bits per heavy atom. The highest BCUT2D eigenvalue weighted by Gasteiger charge is 2.51. The number of likely N-dealkylation sites (N-methyl/N-ethyl adjacent to an activating group) is 1. The molecule has 0 bridgehead atoms. The lowest BCUT2D eigenvalue weighted by molar-refractivity contribution is -0.0496. The molecule has 2 aromatic carbocycles. The number of halogens is 3. The largest absolute Gasteiger partial charge is 0.459 e. The molecule has 4 aromatic rings. The van der Waals surface area contributed by atoms with Crippen molar-refractivity contribution in [2.24, 2.45) is 0 Å². The fraction of sp³-hybridized carbons (Fsp3) is 0.537. The molecule has 3 saturated heterocycles. The number of hydrogen-bond acceptors (Lipinski definition) is 11. The molecule has 16 heteroatoms. The van der Waals surface area contributed by atoms with Crippen molar-refractivity contribution in [3.8, 4) is 23.2 Å². The van der Waals surface area contributed by atoms with Crippen LogP contribution in [0.15, 0.2) is 18.2 Å². The lowest BCUT2D eigenvalue weighted by Gasteiger charge is -2.56. The second kappa shape index (κ2) is 15.0. The van der Waals surface area contributed by atoms with Gasteiger partial charge in [0.15, 0.2) is 5.82 Å². The molecule has 12 nitrogen and oxygen atoms in total. The Kier molecular flexibility index (Phi) is 10.7. The molecule has 0 radical (unpaired) electrons. The molecule has 2 aromatic heterocycles. The minimum atomic E-state index is -0.829. The van der Waals surface area contributed by atoms with Crippen molar-refractivity contribution in [3.05, 3.63) is 40.4 Å². The summed E-state index contributed by atoms with van der Waals surface area (Å²) in [5.74, 6) is -1.07. The van der Waals surface area contributed by atoms with Gasteiger partial charge in [-0.15, -0.1) is 11.3 Å². The van der Waals surface area contributed by atoms with E-state index in [1.54, 1.807) is 31.7 Å². The molecule has 304 valence electrons. The predicted molar refractivity (Wildman–Crippen MR) is 217 cm³/mol. The van der Waals surface area contributed by atoms with E-state index in [4.69, 9.17) is 30.8 Å². The quantitative estimate of drug-likeness (QED) is 0.201. The Morgan fingerprint density at radius 3 is 2.44 bits per heavy atom. The number of ether oxygens (including phenoxy) is 3. The topological polar surface area (TPSA) is 133 Å². The minimum absolute atomic E-state index is 0.0175. The predicted octanol–water partition coefficient (Wildman–Crippen LogP) is 9.50. The molecule has 57 heavy (non-hydrogen) atoms. The van der Waals surface area contributed by atoms with Gasteiger partial charge in [0, 0.05) is 42.0 Å². The molecule has 3 atom stereocenters. The zero-order valence-corrected chi connectivity index (χ0v) is 35.1. The third kappa shape index (κ3) is 7.88. The van der Waals surface area contributed by atoms with Gasteiger partial charge in [0.2, 0.25) is 0 Å². The van der Waals surface area contributed by atoms with Gasteiger partial charge in [-0.3, -0.25) is 10.2 Å². The van der Waals surface area contributed by atoms with Crippen LogP contribution < -0.4 is 15.0 Å². The number of thiophene rings is 1. The van der Waals surface area contributed by atoms with Crippen molar-refractivity contribution in [1.82, 2.24) is 19.8 Å².